The zero-order valence-electron chi connectivity index (χ0n) is 13.0. The predicted octanol–water partition coefficient (Wildman–Crippen LogP) is 3.07. The first kappa shape index (κ1) is 15.4. The Bertz CT molecular complexity index is 591. The Morgan fingerprint density at radius 2 is 1.95 bits per heavy atom. The molecule has 0 bridgehead atoms. The van der Waals surface area contributed by atoms with Crippen molar-refractivity contribution in [1.29, 1.82) is 0 Å². The fourth-order valence-corrected chi connectivity index (χ4v) is 1.98. The van der Waals surface area contributed by atoms with Crippen molar-refractivity contribution in [2.75, 3.05) is 7.11 Å². The number of nitrogens with two attached hydrogens (primary N) is 1. The van der Waals surface area contributed by atoms with Gasteiger partial charge in [-0.2, -0.15) is 5.10 Å². The number of rotatable bonds is 6. The third-order valence-corrected chi connectivity index (χ3v) is 3.28. The molecule has 2 aromatic rings. The van der Waals surface area contributed by atoms with Crippen molar-refractivity contribution >= 4 is 0 Å². The minimum atomic E-state index is -0.0327. The highest BCUT2D eigenvalue weighted by Gasteiger charge is 2.09. The third-order valence-electron chi connectivity index (χ3n) is 3.28. The average Bonchev–Trinajstić information content (AvgIpc) is 2.93. The predicted molar refractivity (Wildman–Crippen MR) is 82.5 cm³/mol. The van der Waals surface area contributed by atoms with E-state index in [9.17, 15) is 0 Å². The zero-order valence-corrected chi connectivity index (χ0v) is 13.0. The summed E-state index contributed by atoms with van der Waals surface area (Å²) in [5, 5.41) is 4.46. The Morgan fingerprint density at radius 1 is 1.19 bits per heavy atom. The smallest absolute Gasteiger partial charge is 0.161 e. The summed E-state index contributed by atoms with van der Waals surface area (Å²) in [4.78, 5) is 0. The molecule has 0 aliphatic rings. The molecule has 0 aliphatic carbocycles. The molecule has 0 saturated carbocycles. The second kappa shape index (κ2) is 6.63. The van der Waals surface area contributed by atoms with E-state index in [2.05, 4.69) is 18.9 Å². The van der Waals surface area contributed by atoms with Gasteiger partial charge in [0.25, 0.3) is 0 Å². The Labute approximate surface area is 125 Å². The van der Waals surface area contributed by atoms with Gasteiger partial charge < -0.3 is 15.2 Å². The Hall–Kier alpha value is -2.01. The summed E-state index contributed by atoms with van der Waals surface area (Å²) in [5.74, 6) is 1.38. The van der Waals surface area contributed by atoms with Crippen molar-refractivity contribution in [3.8, 4) is 11.5 Å². The molecule has 0 aliphatic heterocycles. The number of ether oxygens (including phenoxy) is 2. The molecular formula is C16H23N3O2. The molecule has 1 aromatic heterocycles. The molecule has 1 heterocycles. The van der Waals surface area contributed by atoms with Gasteiger partial charge in [-0.1, -0.05) is 6.07 Å². The molecule has 0 radical (unpaired) electrons. The van der Waals surface area contributed by atoms with Gasteiger partial charge in [0.2, 0.25) is 0 Å². The van der Waals surface area contributed by atoms with Crippen LogP contribution in [0.5, 0.6) is 11.5 Å². The summed E-state index contributed by atoms with van der Waals surface area (Å²) >= 11 is 0. The lowest BCUT2D eigenvalue weighted by molar-refractivity contribution is 0.278. The van der Waals surface area contributed by atoms with E-state index in [1.54, 1.807) is 7.11 Å². The van der Waals surface area contributed by atoms with Crippen LogP contribution in [0.2, 0.25) is 0 Å². The highest BCUT2D eigenvalue weighted by molar-refractivity contribution is 5.43. The largest absolute Gasteiger partial charge is 0.493 e. The van der Waals surface area contributed by atoms with Crippen LogP contribution in [0.3, 0.4) is 0 Å². The van der Waals surface area contributed by atoms with Crippen molar-refractivity contribution in [3.63, 3.8) is 0 Å². The summed E-state index contributed by atoms with van der Waals surface area (Å²) in [7, 11) is 1.63. The number of hydrogen-bond donors (Lipinski definition) is 1. The van der Waals surface area contributed by atoms with Crippen molar-refractivity contribution in [2.45, 2.75) is 39.5 Å². The molecule has 0 unspecified atom stereocenters. The maximum atomic E-state index is 5.87. The minimum Gasteiger partial charge on any atom is -0.493 e. The molecule has 114 valence electrons. The quantitative estimate of drug-likeness (QED) is 0.887. The van der Waals surface area contributed by atoms with E-state index in [1.807, 2.05) is 42.1 Å². The van der Waals surface area contributed by atoms with Crippen LogP contribution >= 0.6 is 0 Å². The maximum absolute atomic E-state index is 5.87. The van der Waals surface area contributed by atoms with Gasteiger partial charge in [0.1, 0.15) is 6.61 Å². The number of methoxy groups -OCH3 is 1. The summed E-state index contributed by atoms with van der Waals surface area (Å²) in [6.07, 6.45) is 1.96. The first-order chi connectivity index (χ1) is 10.0. The summed E-state index contributed by atoms with van der Waals surface area (Å²) in [6, 6.07) is 8.02. The van der Waals surface area contributed by atoms with E-state index in [4.69, 9.17) is 15.2 Å². The Kier molecular flexibility index (Phi) is 4.85. The molecule has 0 amide bonds. The lowest BCUT2D eigenvalue weighted by atomic mass is 10.1. The van der Waals surface area contributed by atoms with Gasteiger partial charge in [0.05, 0.1) is 12.8 Å². The molecule has 0 saturated heterocycles. The minimum absolute atomic E-state index is 0.0327. The molecule has 1 atom stereocenters. The lowest BCUT2D eigenvalue weighted by Gasteiger charge is -2.13. The highest BCUT2D eigenvalue weighted by atomic mass is 16.5. The van der Waals surface area contributed by atoms with E-state index in [1.165, 1.54) is 0 Å². The number of nitrogens with zero attached hydrogens (tertiary/aromatic N) is 2. The van der Waals surface area contributed by atoms with Crippen molar-refractivity contribution in [1.82, 2.24) is 9.78 Å². The lowest BCUT2D eigenvalue weighted by Crippen LogP contribution is -2.06. The van der Waals surface area contributed by atoms with E-state index in [-0.39, 0.29) is 6.04 Å². The first-order valence-electron chi connectivity index (χ1n) is 7.11. The third kappa shape index (κ3) is 3.76. The van der Waals surface area contributed by atoms with Crippen LogP contribution in [0.1, 0.15) is 44.1 Å². The molecule has 2 rings (SSSR count). The fourth-order valence-electron chi connectivity index (χ4n) is 1.98. The first-order valence-corrected chi connectivity index (χ1v) is 7.11. The molecule has 5 heteroatoms. The van der Waals surface area contributed by atoms with Crippen LogP contribution in [-0.2, 0) is 6.61 Å². The van der Waals surface area contributed by atoms with Gasteiger partial charge in [0.15, 0.2) is 11.5 Å². The zero-order chi connectivity index (χ0) is 15.4. The van der Waals surface area contributed by atoms with E-state index >= 15 is 0 Å². The number of benzene rings is 1. The normalized spacial score (nSPS) is 12.5. The van der Waals surface area contributed by atoms with Crippen LogP contribution in [0, 0.1) is 0 Å². The van der Waals surface area contributed by atoms with Gasteiger partial charge in [-0.3, -0.25) is 4.68 Å². The van der Waals surface area contributed by atoms with E-state index in [0.29, 0.717) is 24.1 Å². The second-order valence-corrected chi connectivity index (χ2v) is 5.37. The second-order valence-electron chi connectivity index (χ2n) is 5.37. The monoisotopic (exact) mass is 289 g/mol. The summed E-state index contributed by atoms with van der Waals surface area (Å²) < 4.78 is 13.1. The van der Waals surface area contributed by atoms with Crippen molar-refractivity contribution in [3.05, 3.63) is 41.7 Å². The van der Waals surface area contributed by atoms with E-state index < -0.39 is 0 Å². The molecule has 0 fully saturated rings. The van der Waals surface area contributed by atoms with Gasteiger partial charge in [0, 0.05) is 18.3 Å². The van der Waals surface area contributed by atoms with Crippen LogP contribution in [-0.4, -0.2) is 16.9 Å². The summed E-state index contributed by atoms with van der Waals surface area (Å²) in [6.45, 7) is 6.53. The maximum Gasteiger partial charge on any atom is 0.161 e. The SMILES string of the molecule is COc1cc([C@H](C)N)ccc1OCc1ccn(C(C)C)n1. The Morgan fingerprint density at radius 3 is 2.52 bits per heavy atom. The average molecular weight is 289 g/mol. The molecule has 21 heavy (non-hydrogen) atoms. The van der Waals surface area contributed by atoms with Crippen molar-refractivity contribution in [2.24, 2.45) is 5.73 Å². The van der Waals surface area contributed by atoms with Gasteiger partial charge in [-0.05, 0) is 44.5 Å². The highest BCUT2D eigenvalue weighted by Crippen LogP contribution is 2.30. The van der Waals surface area contributed by atoms with Crippen LogP contribution < -0.4 is 15.2 Å². The molecule has 2 N–H and O–H groups in total. The number of aromatic nitrogens is 2. The topological polar surface area (TPSA) is 62.3 Å². The summed E-state index contributed by atoms with van der Waals surface area (Å²) in [5.41, 5.74) is 7.78. The number of hydrogen-bond acceptors (Lipinski definition) is 4. The van der Waals surface area contributed by atoms with E-state index in [0.717, 1.165) is 11.3 Å². The molecule has 0 spiro atoms. The standard InChI is InChI=1S/C16H23N3O2/c1-11(2)19-8-7-14(18-19)10-21-15-6-5-13(12(3)17)9-16(15)20-4/h5-9,11-12H,10,17H2,1-4H3/t12-/m0/s1. The van der Waals surface area contributed by atoms with Gasteiger partial charge >= 0.3 is 0 Å². The van der Waals surface area contributed by atoms with Gasteiger partial charge in [-0.15, -0.1) is 0 Å². The van der Waals surface area contributed by atoms with Crippen LogP contribution in [0.25, 0.3) is 0 Å². The van der Waals surface area contributed by atoms with Gasteiger partial charge in [-0.25, -0.2) is 0 Å². The van der Waals surface area contributed by atoms with Crippen LogP contribution in [0.4, 0.5) is 0 Å². The Balaban J connectivity index is 2.08. The van der Waals surface area contributed by atoms with Crippen molar-refractivity contribution < 1.29 is 9.47 Å². The molecule has 1 aromatic carbocycles. The fraction of sp³-hybridized carbons (Fsp3) is 0.438. The van der Waals surface area contributed by atoms with Crippen LogP contribution in [0.15, 0.2) is 30.5 Å². The molecular weight excluding hydrogens is 266 g/mol. The molecule has 5 nitrogen and oxygen atoms in total.